The van der Waals surface area contributed by atoms with Gasteiger partial charge in [-0.25, -0.2) is 4.79 Å². The van der Waals surface area contributed by atoms with E-state index in [2.05, 4.69) is 11.4 Å². The van der Waals surface area contributed by atoms with Crippen molar-refractivity contribution in [2.24, 2.45) is 0 Å². The average molecular weight is 290 g/mol. The number of carbonyl (C=O) groups excluding carboxylic acids is 1. The highest BCUT2D eigenvalue weighted by Gasteiger charge is 2.42. The number of benzene rings is 1. The van der Waals surface area contributed by atoms with Crippen LogP contribution in [0.4, 0.5) is 4.79 Å². The molecule has 5 nitrogen and oxygen atoms in total. The summed E-state index contributed by atoms with van der Waals surface area (Å²) in [5.41, 5.74) is 1.16. The number of rotatable bonds is 3. The molecule has 5 heteroatoms. The van der Waals surface area contributed by atoms with Gasteiger partial charge in [0.05, 0.1) is 13.2 Å². The lowest BCUT2D eigenvalue weighted by Gasteiger charge is -2.30. The molecule has 1 aromatic carbocycles. The van der Waals surface area contributed by atoms with Crippen LogP contribution >= 0.6 is 0 Å². The number of nitrogens with zero attached hydrogens (tertiary/aromatic N) is 1. The summed E-state index contributed by atoms with van der Waals surface area (Å²) >= 11 is 0. The molecule has 1 aliphatic carbocycles. The number of β-amino-alcohol motifs (C(OH)–C–C–N with tert-alkyl or cyclic N) is 1. The van der Waals surface area contributed by atoms with Crippen molar-refractivity contribution in [3.63, 3.8) is 0 Å². The number of aliphatic hydroxyl groups excluding tert-OH is 1. The number of hydrogen-bond acceptors (Lipinski definition) is 3. The second-order valence-corrected chi connectivity index (χ2v) is 5.88. The fourth-order valence-corrected chi connectivity index (χ4v) is 3.06. The van der Waals surface area contributed by atoms with Gasteiger partial charge in [-0.3, -0.25) is 0 Å². The van der Waals surface area contributed by atoms with Gasteiger partial charge in [-0.15, -0.1) is 0 Å². The Morgan fingerprint density at radius 2 is 2.24 bits per heavy atom. The van der Waals surface area contributed by atoms with Crippen LogP contribution in [0.5, 0.6) is 5.75 Å². The number of amides is 2. The summed E-state index contributed by atoms with van der Waals surface area (Å²) in [6.07, 6.45) is 2.23. The van der Waals surface area contributed by atoms with E-state index in [1.54, 1.807) is 12.0 Å². The molecule has 114 valence electrons. The molecule has 21 heavy (non-hydrogen) atoms. The molecule has 2 aliphatic rings. The van der Waals surface area contributed by atoms with Crippen molar-refractivity contribution in [2.75, 3.05) is 20.2 Å². The zero-order valence-corrected chi connectivity index (χ0v) is 12.3. The molecule has 1 saturated carbocycles. The van der Waals surface area contributed by atoms with Crippen LogP contribution in [0.15, 0.2) is 24.3 Å². The highest BCUT2D eigenvalue weighted by atomic mass is 16.5. The lowest BCUT2D eigenvalue weighted by molar-refractivity contribution is 0.0841. The van der Waals surface area contributed by atoms with Crippen LogP contribution in [0.1, 0.15) is 30.7 Å². The van der Waals surface area contributed by atoms with Crippen LogP contribution in [0.3, 0.4) is 0 Å². The Morgan fingerprint density at radius 3 is 3.00 bits per heavy atom. The smallest absolute Gasteiger partial charge is 0.317 e. The number of nitrogens with one attached hydrogen (secondary N) is 1. The second kappa shape index (κ2) is 5.93. The van der Waals surface area contributed by atoms with E-state index < -0.39 is 0 Å². The highest BCUT2D eigenvalue weighted by molar-refractivity contribution is 5.75. The highest BCUT2D eigenvalue weighted by Crippen LogP contribution is 2.44. The summed E-state index contributed by atoms with van der Waals surface area (Å²) in [5.74, 6) is 1.22. The predicted molar refractivity (Wildman–Crippen MR) is 79.5 cm³/mol. The molecular formula is C16H22N2O3. The first kappa shape index (κ1) is 14.2. The molecule has 1 heterocycles. The van der Waals surface area contributed by atoms with E-state index >= 15 is 0 Å². The molecule has 2 amide bonds. The lowest BCUT2D eigenvalue weighted by Crippen LogP contribution is -2.47. The number of para-hydroxylation sites is 1. The van der Waals surface area contributed by atoms with Crippen LogP contribution in [-0.4, -0.2) is 48.4 Å². The number of aliphatic hydroxyl groups is 1. The molecule has 0 aromatic heterocycles. The molecule has 2 fully saturated rings. The molecule has 2 N–H and O–H groups in total. The SMILES string of the molecule is COc1ccccc1[C@@H]1C[C@H]1NC(=O)N1CCC[C@@H](O)C1. The van der Waals surface area contributed by atoms with Gasteiger partial charge in [-0.1, -0.05) is 18.2 Å². The topological polar surface area (TPSA) is 61.8 Å². The summed E-state index contributed by atoms with van der Waals surface area (Å²) < 4.78 is 5.37. The van der Waals surface area contributed by atoms with Crippen molar-refractivity contribution in [3.8, 4) is 5.75 Å². The van der Waals surface area contributed by atoms with Gasteiger partial charge in [0, 0.05) is 25.0 Å². The number of ether oxygens (including phenoxy) is 1. The average Bonchev–Trinajstić information content (AvgIpc) is 3.26. The van der Waals surface area contributed by atoms with Gasteiger partial charge in [0.2, 0.25) is 0 Å². The van der Waals surface area contributed by atoms with Gasteiger partial charge in [-0.05, 0) is 30.9 Å². The number of piperidine rings is 1. The van der Waals surface area contributed by atoms with Crippen LogP contribution in [0.25, 0.3) is 0 Å². The fraction of sp³-hybridized carbons (Fsp3) is 0.562. The Morgan fingerprint density at radius 1 is 1.43 bits per heavy atom. The maximum Gasteiger partial charge on any atom is 0.317 e. The summed E-state index contributed by atoms with van der Waals surface area (Å²) in [6, 6.07) is 8.07. The molecule has 0 unspecified atom stereocenters. The summed E-state index contributed by atoms with van der Waals surface area (Å²) in [6.45, 7) is 1.17. The zero-order valence-electron chi connectivity index (χ0n) is 12.3. The third-order valence-electron chi connectivity index (χ3n) is 4.32. The van der Waals surface area contributed by atoms with Gasteiger partial charge in [-0.2, -0.15) is 0 Å². The normalized spacial score (nSPS) is 28.1. The van der Waals surface area contributed by atoms with Crippen LogP contribution in [0.2, 0.25) is 0 Å². The third kappa shape index (κ3) is 3.13. The van der Waals surface area contributed by atoms with E-state index in [4.69, 9.17) is 4.74 Å². The Labute approximate surface area is 124 Å². The molecular weight excluding hydrogens is 268 g/mol. The number of hydrogen-bond donors (Lipinski definition) is 2. The first-order valence-electron chi connectivity index (χ1n) is 7.55. The van der Waals surface area contributed by atoms with Gasteiger partial charge >= 0.3 is 6.03 Å². The summed E-state index contributed by atoms with van der Waals surface area (Å²) in [4.78, 5) is 13.9. The van der Waals surface area contributed by atoms with Crippen molar-refractivity contribution in [1.82, 2.24) is 10.2 Å². The number of methoxy groups -OCH3 is 1. The van der Waals surface area contributed by atoms with E-state index in [0.717, 1.165) is 37.1 Å². The first-order chi connectivity index (χ1) is 10.2. The van der Waals surface area contributed by atoms with E-state index in [1.807, 2.05) is 18.2 Å². The fourth-order valence-electron chi connectivity index (χ4n) is 3.06. The minimum Gasteiger partial charge on any atom is -0.496 e. The molecule has 3 atom stereocenters. The molecule has 0 radical (unpaired) electrons. The van der Waals surface area contributed by atoms with E-state index in [0.29, 0.717) is 12.5 Å². The molecule has 3 rings (SSSR count). The van der Waals surface area contributed by atoms with Gasteiger partial charge < -0.3 is 20.1 Å². The number of likely N-dealkylation sites (tertiary alicyclic amines) is 1. The molecule has 1 saturated heterocycles. The Hall–Kier alpha value is -1.75. The first-order valence-corrected chi connectivity index (χ1v) is 7.55. The van der Waals surface area contributed by atoms with Crippen LogP contribution in [0, 0.1) is 0 Å². The summed E-state index contributed by atoms with van der Waals surface area (Å²) in [7, 11) is 1.67. The Bertz CT molecular complexity index is 520. The van der Waals surface area contributed by atoms with Gasteiger partial charge in [0.25, 0.3) is 0 Å². The Balaban J connectivity index is 1.57. The third-order valence-corrected chi connectivity index (χ3v) is 4.32. The van der Waals surface area contributed by atoms with Crippen molar-refractivity contribution in [2.45, 2.75) is 37.3 Å². The predicted octanol–water partition coefficient (Wildman–Crippen LogP) is 1.72. The molecule has 0 spiro atoms. The van der Waals surface area contributed by atoms with Crippen molar-refractivity contribution < 1.29 is 14.6 Å². The monoisotopic (exact) mass is 290 g/mol. The van der Waals surface area contributed by atoms with Crippen molar-refractivity contribution in [1.29, 1.82) is 0 Å². The zero-order chi connectivity index (χ0) is 14.8. The molecule has 1 aromatic rings. The quantitative estimate of drug-likeness (QED) is 0.891. The molecule has 1 aliphatic heterocycles. The van der Waals surface area contributed by atoms with Crippen LogP contribution in [-0.2, 0) is 0 Å². The lowest BCUT2D eigenvalue weighted by atomic mass is 10.1. The molecule has 0 bridgehead atoms. The standard InChI is InChI=1S/C16H22N2O3/c1-21-15-7-3-2-6-12(15)13-9-14(13)17-16(20)18-8-4-5-11(19)10-18/h2-3,6-7,11,13-14,19H,4-5,8-10H2,1H3,(H,17,20)/t11-,13+,14-/m1/s1. The van der Waals surface area contributed by atoms with Crippen molar-refractivity contribution >= 4 is 6.03 Å². The largest absolute Gasteiger partial charge is 0.496 e. The van der Waals surface area contributed by atoms with E-state index in [1.165, 1.54) is 0 Å². The van der Waals surface area contributed by atoms with Crippen molar-refractivity contribution in [3.05, 3.63) is 29.8 Å². The maximum absolute atomic E-state index is 12.2. The van der Waals surface area contributed by atoms with E-state index in [-0.39, 0.29) is 18.2 Å². The number of carbonyl (C=O) groups is 1. The maximum atomic E-state index is 12.2. The van der Waals surface area contributed by atoms with Gasteiger partial charge in [0.15, 0.2) is 0 Å². The van der Waals surface area contributed by atoms with Crippen LogP contribution < -0.4 is 10.1 Å². The summed E-state index contributed by atoms with van der Waals surface area (Å²) in [5, 5.41) is 12.7. The van der Waals surface area contributed by atoms with E-state index in [9.17, 15) is 9.90 Å². The minimum absolute atomic E-state index is 0.0591. The van der Waals surface area contributed by atoms with Gasteiger partial charge in [0.1, 0.15) is 5.75 Å². The number of urea groups is 1. The minimum atomic E-state index is -0.381. The second-order valence-electron chi connectivity index (χ2n) is 5.88. The Kier molecular flexibility index (Phi) is 4.01.